The van der Waals surface area contributed by atoms with Gasteiger partial charge in [-0.25, -0.2) is 4.79 Å². The first-order valence-corrected chi connectivity index (χ1v) is 7.27. The van der Waals surface area contributed by atoms with E-state index in [0.29, 0.717) is 37.2 Å². The molecule has 0 spiro atoms. The molecule has 0 unspecified atom stereocenters. The molecule has 8 nitrogen and oxygen atoms in total. The summed E-state index contributed by atoms with van der Waals surface area (Å²) < 4.78 is 0. The number of primary amides is 1. The number of nitrogens with two attached hydrogens (primary N) is 1. The van der Waals surface area contributed by atoms with E-state index in [1.165, 1.54) is 0 Å². The Morgan fingerprint density at radius 3 is 2.41 bits per heavy atom. The SMILES string of the molecule is Cc1[nH]c(=O)[nH]c(=O)c1CCC(=O)N1CCC(C(N)=O)CC1. The maximum Gasteiger partial charge on any atom is 0.325 e. The van der Waals surface area contributed by atoms with Crippen molar-refractivity contribution in [2.75, 3.05) is 13.1 Å². The van der Waals surface area contributed by atoms with Crippen molar-refractivity contribution < 1.29 is 9.59 Å². The topological polar surface area (TPSA) is 129 Å². The smallest absolute Gasteiger partial charge is 0.325 e. The van der Waals surface area contributed by atoms with Gasteiger partial charge in [-0.2, -0.15) is 0 Å². The number of likely N-dealkylation sites (tertiary alicyclic amines) is 1. The highest BCUT2D eigenvalue weighted by Gasteiger charge is 2.25. The van der Waals surface area contributed by atoms with E-state index < -0.39 is 11.2 Å². The largest absolute Gasteiger partial charge is 0.369 e. The van der Waals surface area contributed by atoms with E-state index in [-0.39, 0.29) is 30.6 Å². The van der Waals surface area contributed by atoms with Crippen LogP contribution in [0.5, 0.6) is 0 Å². The zero-order valence-electron chi connectivity index (χ0n) is 12.5. The minimum Gasteiger partial charge on any atom is -0.369 e. The van der Waals surface area contributed by atoms with E-state index in [1.54, 1.807) is 11.8 Å². The van der Waals surface area contributed by atoms with E-state index in [2.05, 4.69) is 9.97 Å². The number of nitrogens with one attached hydrogen (secondary N) is 2. The van der Waals surface area contributed by atoms with Gasteiger partial charge in [0.15, 0.2) is 0 Å². The molecule has 1 aliphatic heterocycles. The van der Waals surface area contributed by atoms with Gasteiger partial charge in [-0.05, 0) is 26.2 Å². The zero-order valence-corrected chi connectivity index (χ0v) is 12.5. The lowest BCUT2D eigenvalue weighted by Crippen LogP contribution is -2.42. The summed E-state index contributed by atoms with van der Waals surface area (Å²) in [5.74, 6) is -0.538. The fraction of sp³-hybridized carbons (Fsp3) is 0.571. The summed E-state index contributed by atoms with van der Waals surface area (Å²) in [5, 5.41) is 0. The number of hydrogen-bond donors (Lipinski definition) is 3. The number of carbonyl (C=O) groups is 2. The number of carbonyl (C=O) groups excluding carboxylic acids is 2. The molecule has 1 fully saturated rings. The summed E-state index contributed by atoms with van der Waals surface area (Å²) >= 11 is 0. The Morgan fingerprint density at radius 2 is 1.86 bits per heavy atom. The predicted molar refractivity (Wildman–Crippen MR) is 79.2 cm³/mol. The van der Waals surface area contributed by atoms with E-state index in [9.17, 15) is 19.2 Å². The van der Waals surface area contributed by atoms with Gasteiger partial charge >= 0.3 is 5.69 Å². The second kappa shape index (κ2) is 6.59. The molecule has 0 atom stereocenters. The summed E-state index contributed by atoms with van der Waals surface area (Å²) in [6, 6.07) is 0. The van der Waals surface area contributed by atoms with E-state index >= 15 is 0 Å². The van der Waals surface area contributed by atoms with Crippen LogP contribution in [0.2, 0.25) is 0 Å². The highest BCUT2D eigenvalue weighted by Crippen LogP contribution is 2.17. The molecule has 8 heteroatoms. The number of aryl methyl sites for hydroxylation is 1. The number of piperidine rings is 1. The Kier molecular flexibility index (Phi) is 4.79. The lowest BCUT2D eigenvalue weighted by Gasteiger charge is -2.30. The number of hydrogen-bond acceptors (Lipinski definition) is 4. The van der Waals surface area contributed by atoms with Gasteiger partial charge in [0, 0.05) is 36.7 Å². The van der Waals surface area contributed by atoms with Crippen molar-refractivity contribution in [3.05, 3.63) is 32.1 Å². The van der Waals surface area contributed by atoms with Crippen LogP contribution >= 0.6 is 0 Å². The quantitative estimate of drug-likeness (QED) is 0.660. The predicted octanol–water partition coefficient (Wildman–Crippen LogP) is -0.972. The third-order valence-electron chi connectivity index (χ3n) is 4.09. The van der Waals surface area contributed by atoms with Crippen LogP contribution in [0.1, 0.15) is 30.5 Å². The Morgan fingerprint density at radius 1 is 1.23 bits per heavy atom. The maximum atomic E-state index is 12.2. The van der Waals surface area contributed by atoms with E-state index in [4.69, 9.17) is 5.73 Å². The second-order valence-corrected chi connectivity index (χ2v) is 5.57. The first kappa shape index (κ1) is 16.0. The third kappa shape index (κ3) is 3.63. The van der Waals surface area contributed by atoms with Crippen LogP contribution in [-0.4, -0.2) is 39.8 Å². The van der Waals surface area contributed by atoms with Crippen LogP contribution in [0.4, 0.5) is 0 Å². The van der Waals surface area contributed by atoms with Crippen molar-refractivity contribution in [2.45, 2.75) is 32.6 Å². The monoisotopic (exact) mass is 308 g/mol. The van der Waals surface area contributed by atoms with Crippen LogP contribution in [0, 0.1) is 12.8 Å². The van der Waals surface area contributed by atoms with Gasteiger partial charge in [-0.1, -0.05) is 0 Å². The second-order valence-electron chi connectivity index (χ2n) is 5.57. The molecule has 0 bridgehead atoms. The first-order valence-electron chi connectivity index (χ1n) is 7.27. The summed E-state index contributed by atoms with van der Waals surface area (Å²) in [7, 11) is 0. The van der Waals surface area contributed by atoms with Crippen LogP contribution in [-0.2, 0) is 16.0 Å². The third-order valence-corrected chi connectivity index (χ3v) is 4.09. The van der Waals surface area contributed by atoms with Gasteiger partial charge in [0.05, 0.1) is 0 Å². The summed E-state index contributed by atoms with van der Waals surface area (Å²) in [4.78, 5) is 52.4. The molecule has 0 aromatic carbocycles. The van der Waals surface area contributed by atoms with Crippen molar-refractivity contribution in [1.82, 2.24) is 14.9 Å². The van der Waals surface area contributed by atoms with Gasteiger partial charge in [0.1, 0.15) is 0 Å². The van der Waals surface area contributed by atoms with E-state index in [1.807, 2.05) is 0 Å². The van der Waals surface area contributed by atoms with Crippen molar-refractivity contribution in [3.63, 3.8) is 0 Å². The molecule has 1 aromatic heterocycles. The normalized spacial score (nSPS) is 15.8. The molecule has 1 saturated heterocycles. The molecule has 0 aliphatic carbocycles. The molecule has 1 aliphatic rings. The van der Waals surface area contributed by atoms with Crippen molar-refractivity contribution in [2.24, 2.45) is 11.7 Å². The Hall–Kier alpha value is -2.38. The van der Waals surface area contributed by atoms with Crippen molar-refractivity contribution in [3.8, 4) is 0 Å². The minimum atomic E-state index is -0.550. The van der Waals surface area contributed by atoms with Gasteiger partial charge in [0.2, 0.25) is 11.8 Å². The highest BCUT2D eigenvalue weighted by atomic mass is 16.2. The van der Waals surface area contributed by atoms with Crippen LogP contribution in [0.25, 0.3) is 0 Å². The molecular weight excluding hydrogens is 288 g/mol. The number of H-pyrrole nitrogens is 2. The van der Waals surface area contributed by atoms with Crippen LogP contribution in [0.3, 0.4) is 0 Å². The minimum absolute atomic E-state index is 0.0621. The van der Waals surface area contributed by atoms with Crippen molar-refractivity contribution >= 4 is 11.8 Å². The van der Waals surface area contributed by atoms with Crippen molar-refractivity contribution in [1.29, 1.82) is 0 Å². The Labute approximate surface area is 126 Å². The van der Waals surface area contributed by atoms with Crippen LogP contribution in [0.15, 0.2) is 9.59 Å². The number of amides is 2. The lowest BCUT2D eigenvalue weighted by atomic mass is 9.96. The molecule has 2 heterocycles. The number of rotatable bonds is 4. The summed E-state index contributed by atoms with van der Waals surface area (Å²) in [6.45, 7) is 2.65. The molecule has 0 radical (unpaired) electrons. The molecule has 4 N–H and O–H groups in total. The standard InChI is InChI=1S/C14H20N4O4/c1-8-10(13(21)17-14(22)16-8)2-3-11(19)18-6-4-9(5-7-18)12(15)20/h9H,2-7H2,1H3,(H2,15,20)(H2,16,17,21,22). The molecule has 120 valence electrons. The van der Waals surface area contributed by atoms with Crippen LogP contribution < -0.4 is 17.0 Å². The summed E-state index contributed by atoms with van der Waals surface area (Å²) in [6.07, 6.45) is 1.63. The first-order chi connectivity index (χ1) is 10.4. The average molecular weight is 308 g/mol. The molecule has 22 heavy (non-hydrogen) atoms. The highest BCUT2D eigenvalue weighted by molar-refractivity contribution is 5.79. The molecular formula is C14H20N4O4. The lowest BCUT2D eigenvalue weighted by molar-refractivity contribution is -0.134. The number of aromatic amines is 2. The Balaban J connectivity index is 1.93. The fourth-order valence-electron chi connectivity index (χ4n) is 2.73. The Bertz CT molecular complexity index is 683. The molecule has 0 saturated carbocycles. The van der Waals surface area contributed by atoms with E-state index in [0.717, 1.165) is 0 Å². The van der Waals surface area contributed by atoms with Gasteiger partial charge in [0.25, 0.3) is 5.56 Å². The number of nitrogens with zero attached hydrogens (tertiary/aromatic N) is 1. The van der Waals surface area contributed by atoms with Gasteiger partial charge < -0.3 is 15.6 Å². The maximum absolute atomic E-state index is 12.2. The number of aromatic nitrogens is 2. The van der Waals surface area contributed by atoms with Gasteiger partial charge in [-0.15, -0.1) is 0 Å². The summed E-state index contributed by atoms with van der Waals surface area (Å²) in [5.41, 5.74) is 5.15. The van der Waals surface area contributed by atoms with Gasteiger partial charge in [-0.3, -0.25) is 19.4 Å². The molecule has 2 rings (SSSR count). The average Bonchev–Trinajstić information content (AvgIpc) is 2.46. The fourth-order valence-corrected chi connectivity index (χ4v) is 2.73. The molecule has 1 aromatic rings. The molecule has 2 amide bonds. The zero-order chi connectivity index (χ0) is 16.3.